The average molecular weight is 299 g/mol. The zero-order valence-electron chi connectivity index (χ0n) is 11.9. The van der Waals surface area contributed by atoms with Gasteiger partial charge in [-0.05, 0) is 5.56 Å². The molecule has 1 amide bonds. The Labute approximate surface area is 128 Å². The Kier molecular flexibility index (Phi) is 5.68. The molecule has 0 heterocycles. The zero-order valence-corrected chi connectivity index (χ0v) is 11.9. The van der Waals surface area contributed by atoms with Crippen LogP contribution in [0.4, 0.5) is 4.79 Å². The van der Waals surface area contributed by atoms with E-state index in [4.69, 9.17) is 4.74 Å². The summed E-state index contributed by atoms with van der Waals surface area (Å²) in [5.74, 6) is -0.361. The van der Waals surface area contributed by atoms with Gasteiger partial charge >= 0.3 is 6.09 Å². The molecule has 0 aliphatic heterocycles. The number of amides is 1. The quantitative estimate of drug-likeness (QED) is 0.801. The lowest BCUT2D eigenvalue weighted by Gasteiger charge is -2.15. The average Bonchev–Trinajstić information content (AvgIpc) is 2.59. The first-order valence-electron chi connectivity index (χ1n) is 6.88. The van der Waals surface area contributed by atoms with Crippen LogP contribution in [0.5, 0.6) is 0 Å². The Morgan fingerprint density at radius 3 is 2.18 bits per heavy atom. The van der Waals surface area contributed by atoms with Crippen LogP contribution >= 0.6 is 0 Å². The predicted molar refractivity (Wildman–Crippen MR) is 81.4 cm³/mol. The highest BCUT2D eigenvalue weighted by atomic mass is 16.5. The normalized spacial score (nSPS) is 11.5. The van der Waals surface area contributed by atoms with Gasteiger partial charge in [0.1, 0.15) is 12.6 Å². The Balaban J connectivity index is 1.89. The van der Waals surface area contributed by atoms with Crippen molar-refractivity contribution in [3.05, 3.63) is 71.8 Å². The number of Topliss-reactive ketones (excluding diaryl/α,β-unsaturated/α-hetero) is 1. The number of alkyl carbamates (subject to hydrolysis) is 1. The van der Waals surface area contributed by atoms with E-state index in [1.54, 1.807) is 30.3 Å². The van der Waals surface area contributed by atoms with Crippen LogP contribution in [0.15, 0.2) is 60.7 Å². The molecular weight excluding hydrogens is 282 g/mol. The van der Waals surface area contributed by atoms with Crippen molar-refractivity contribution in [2.24, 2.45) is 0 Å². The van der Waals surface area contributed by atoms with Crippen LogP contribution in [0.3, 0.4) is 0 Å². The third-order valence-electron chi connectivity index (χ3n) is 3.06. The second-order valence-corrected chi connectivity index (χ2v) is 4.67. The summed E-state index contributed by atoms with van der Waals surface area (Å²) >= 11 is 0. The molecule has 0 fully saturated rings. The first kappa shape index (κ1) is 15.7. The van der Waals surface area contributed by atoms with Crippen molar-refractivity contribution < 1.29 is 19.4 Å². The monoisotopic (exact) mass is 299 g/mol. The van der Waals surface area contributed by atoms with E-state index in [0.717, 1.165) is 5.56 Å². The Morgan fingerprint density at radius 2 is 1.59 bits per heavy atom. The number of ketones is 1. The minimum absolute atomic E-state index is 0.102. The number of ether oxygens (including phenoxy) is 1. The number of carbonyl (C=O) groups excluding carboxylic acids is 2. The van der Waals surface area contributed by atoms with Crippen molar-refractivity contribution in [3.63, 3.8) is 0 Å². The van der Waals surface area contributed by atoms with E-state index in [1.165, 1.54) is 0 Å². The number of carbonyl (C=O) groups is 2. The minimum Gasteiger partial charge on any atom is -0.445 e. The highest BCUT2D eigenvalue weighted by Crippen LogP contribution is 2.05. The van der Waals surface area contributed by atoms with Crippen LogP contribution in [0.25, 0.3) is 0 Å². The lowest BCUT2D eigenvalue weighted by Crippen LogP contribution is -2.43. The van der Waals surface area contributed by atoms with Gasteiger partial charge in [-0.2, -0.15) is 0 Å². The molecule has 0 saturated carbocycles. The molecule has 0 unspecified atom stereocenters. The molecule has 2 aromatic rings. The van der Waals surface area contributed by atoms with Gasteiger partial charge in [0, 0.05) is 5.56 Å². The van der Waals surface area contributed by atoms with Gasteiger partial charge < -0.3 is 15.2 Å². The molecule has 2 aromatic carbocycles. The lowest BCUT2D eigenvalue weighted by molar-refractivity contribution is 0.0864. The van der Waals surface area contributed by atoms with Gasteiger partial charge in [0.15, 0.2) is 5.78 Å². The Morgan fingerprint density at radius 1 is 1.00 bits per heavy atom. The minimum atomic E-state index is -1.02. The van der Waals surface area contributed by atoms with Gasteiger partial charge in [-0.25, -0.2) is 4.79 Å². The molecule has 2 rings (SSSR count). The van der Waals surface area contributed by atoms with E-state index in [1.807, 2.05) is 30.3 Å². The molecule has 5 heteroatoms. The number of hydrogen-bond donors (Lipinski definition) is 2. The standard InChI is InChI=1S/C17H17NO4/c19-11-15(16(20)14-9-5-2-6-10-14)18-17(21)22-12-13-7-3-1-4-8-13/h1-10,15,19H,11-12H2,(H,18,21)/t15-/m0/s1. The summed E-state index contributed by atoms with van der Waals surface area (Å²) in [6.07, 6.45) is -0.743. The third-order valence-corrected chi connectivity index (χ3v) is 3.06. The molecule has 0 spiro atoms. The van der Waals surface area contributed by atoms with Crippen LogP contribution in [-0.4, -0.2) is 29.6 Å². The van der Waals surface area contributed by atoms with E-state index in [-0.39, 0.29) is 12.4 Å². The van der Waals surface area contributed by atoms with Gasteiger partial charge in [-0.15, -0.1) is 0 Å². The summed E-state index contributed by atoms with van der Waals surface area (Å²) in [6.45, 7) is -0.390. The Bertz CT molecular complexity index is 613. The molecule has 0 aliphatic rings. The maximum Gasteiger partial charge on any atom is 0.408 e. The molecule has 0 saturated heterocycles. The molecule has 1 atom stereocenters. The van der Waals surface area contributed by atoms with Crippen molar-refractivity contribution in [2.75, 3.05) is 6.61 Å². The number of aliphatic hydroxyl groups excluding tert-OH is 1. The highest BCUT2D eigenvalue weighted by molar-refractivity contribution is 6.01. The van der Waals surface area contributed by atoms with Crippen LogP contribution in [0, 0.1) is 0 Å². The van der Waals surface area contributed by atoms with Crippen LogP contribution < -0.4 is 5.32 Å². The number of rotatable bonds is 6. The number of hydrogen-bond acceptors (Lipinski definition) is 4. The maximum atomic E-state index is 12.2. The first-order chi connectivity index (χ1) is 10.7. The fourth-order valence-electron chi connectivity index (χ4n) is 1.90. The predicted octanol–water partition coefficient (Wildman–Crippen LogP) is 2.16. The van der Waals surface area contributed by atoms with Crippen LogP contribution in [0.2, 0.25) is 0 Å². The molecule has 2 N–H and O–H groups in total. The van der Waals surface area contributed by atoms with E-state index in [9.17, 15) is 14.7 Å². The second-order valence-electron chi connectivity index (χ2n) is 4.67. The molecule has 0 radical (unpaired) electrons. The Hall–Kier alpha value is -2.66. The molecule has 114 valence electrons. The summed E-state index contributed by atoms with van der Waals surface area (Å²) in [6, 6.07) is 16.6. The fraction of sp³-hybridized carbons (Fsp3) is 0.176. The molecule has 0 aliphatic carbocycles. The van der Waals surface area contributed by atoms with Crippen molar-refractivity contribution in [1.82, 2.24) is 5.32 Å². The number of nitrogens with one attached hydrogen (secondary N) is 1. The summed E-state index contributed by atoms with van der Waals surface area (Å²) < 4.78 is 5.03. The van der Waals surface area contributed by atoms with Crippen molar-refractivity contribution in [2.45, 2.75) is 12.6 Å². The fourth-order valence-corrected chi connectivity index (χ4v) is 1.90. The third kappa shape index (κ3) is 4.43. The summed E-state index contributed by atoms with van der Waals surface area (Å²) in [5.41, 5.74) is 1.26. The molecule has 5 nitrogen and oxygen atoms in total. The highest BCUT2D eigenvalue weighted by Gasteiger charge is 2.21. The topological polar surface area (TPSA) is 75.6 Å². The van der Waals surface area contributed by atoms with Crippen molar-refractivity contribution >= 4 is 11.9 Å². The van der Waals surface area contributed by atoms with Gasteiger partial charge in [-0.3, -0.25) is 4.79 Å². The molecular formula is C17H17NO4. The summed E-state index contributed by atoms with van der Waals surface area (Å²) in [4.78, 5) is 23.9. The molecule has 0 bridgehead atoms. The second kappa shape index (κ2) is 7.95. The SMILES string of the molecule is O=C(N[C@@H](CO)C(=O)c1ccccc1)OCc1ccccc1. The van der Waals surface area contributed by atoms with Crippen molar-refractivity contribution in [3.8, 4) is 0 Å². The number of benzene rings is 2. The van der Waals surface area contributed by atoms with Crippen LogP contribution in [0.1, 0.15) is 15.9 Å². The van der Waals surface area contributed by atoms with E-state index < -0.39 is 18.7 Å². The largest absolute Gasteiger partial charge is 0.445 e. The summed E-state index contributed by atoms with van der Waals surface area (Å²) in [7, 11) is 0. The lowest BCUT2D eigenvalue weighted by atomic mass is 10.1. The van der Waals surface area contributed by atoms with Gasteiger partial charge in [0.25, 0.3) is 0 Å². The van der Waals surface area contributed by atoms with Crippen LogP contribution in [-0.2, 0) is 11.3 Å². The molecule has 0 aromatic heterocycles. The smallest absolute Gasteiger partial charge is 0.408 e. The maximum absolute atomic E-state index is 12.2. The van der Waals surface area contributed by atoms with E-state index in [2.05, 4.69) is 5.32 Å². The summed E-state index contributed by atoms with van der Waals surface area (Å²) in [5, 5.41) is 11.7. The van der Waals surface area contributed by atoms with Gasteiger partial charge in [0.05, 0.1) is 6.61 Å². The van der Waals surface area contributed by atoms with E-state index in [0.29, 0.717) is 5.56 Å². The van der Waals surface area contributed by atoms with Gasteiger partial charge in [-0.1, -0.05) is 60.7 Å². The van der Waals surface area contributed by atoms with E-state index >= 15 is 0 Å². The number of aliphatic hydroxyl groups is 1. The zero-order chi connectivity index (χ0) is 15.8. The first-order valence-corrected chi connectivity index (χ1v) is 6.88. The molecule has 22 heavy (non-hydrogen) atoms. The van der Waals surface area contributed by atoms with Crippen molar-refractivity contribution in [1.29, 1.82) is 0 Å². The van der Waals surface area contributed by atoms with Gasteiger partial charge in [0.2, 0.25) is 0 Å².